The van der Waals surface area contributed by atoms with Crippen LogP contribution in [0.3, 0.4) is 0 Å². The Morgan fingerprint density at radius 3 is 2.33 bits per heavy atom. The van der Waals surface area contributed by atoms with Crippen molar-refractivity contribution in [2.24, 2.45) is 27.6 Å². The van der Waals surface area contributed by atoms with Gasteiger partial charge in [0, 0.05) is 30.6 Å². The second-order valence-corrected chi connectivity index (χ2v) is 13.2. The first-order chi connectivity index (χ1) is 21.0. The molecule has 9 atom stereocenters. The number of benzene rings is 1. The molecule has 252 valence electrons. The van der Waals surface area contributed by atoms with Crippen LogP contribution in [0.2, 0.25) is 0 Å². The molecule has 1 heterocycles. The number of nitrogens with two attached hydrogens (primary N) is 1. The predicted octanol–water partition coefficient (Wildman–Crippen LogP) is 1.39. The standard InChI is InChI=1S/C30H39N3O9S.ClH.Cu/c1-14-17(35)12-30(39)24(41-25(38)16-9-7-6-8-10-16)22-28(5,18(36)11-19-29(22,13-40-19)42-15(2)34)23(32-33-26(31)43)21(37)20(14)27(30,3)4;;/h6-10,17-19,21-22,24,35-37,39H,11-13H2,1-5H3,(H3,31,33,43);1H;/q;;+1/p-1/b32-23-;;/t17-,18-,19+,21+,22-,24-,28+,29-,30+;;/m0../s1. The first kappa shape index (κ1) is 35.7. The summed E-state index contributed by atoms with van der Waals surface area (Å²) in [4.78, 5) is 26.4. The van der Waals surface area contributed by atoms with Crippen LogP contribution in [0.15, 0.2) is 46.6 Å². The van der Waals surface area contributed by atoms with Crippen molar-refractivity contribution in [1.82, 2.24) is 5.43 Å². The molecule has 45 heavy (non-hydrogen) atoms. The Hall–Kier alpha value is -2.13. The Kier molecular flexibility index (Phi) is 10.2. The number of hydrogen-bond donors (Lipinski definition) is 6. The summed E-state index contributed by atoms with van der Waals surface area (Å²) in [6.45, 7) is 7.69. The Morgan fingerprint density at radius 1 is 1.18 bits per heavy atom. The van der Waals surface area contributed by atoms with Gasteiger partial charge in [-0.05, 0) is 42.4 Å². The molecule has 0 aromatic heterocycles. The molecular formula is C30H39ClCuN3O9S. The summed E-state index contributed by atoms with van der Waals surface area (Å²) in [5.74, 6) is -2.68. The van der Waals surface area contributed by atoms with Crippen LogP contribution in [0.1, 0.15) is 57.8 Å². The molecule has 12 nitrogen and oxygen atoms in total. The fourth-order valence-electron chi connectivity index (χ4n) is 7.98. The van der Waals surface area contributed by atoms with Gasteiger partial charge in [0.05, 0.1) is 36.0 Å². The third-order valence-corrected chi connectivity index (χ3v) is 10.4. The number of aliphatic hydroxyl groups is 4. The van der Waals surface area contributed by atoms with Crippen molar-refractivity contribution < 1.29 is 59.3 Å². The second-order valence-electron chi connectivity index (χ2n) is 12.8. The number of nitrogens with zero attached hydrogens (tertiary/aromatic N) is 1. The maximum atomic E-state index is 13.8. The summed E-state index contributed by atoms with van der Waals surface area (Å²) in [6, 6.07) is 8.17. The fraction of sp³-hybridized carbons (Fsp3) is 0.600. The van der Waals surface area contributed by atoms with Crippen LogP contribution in [0.5, 0.6) is 0 Å². The first-order valence-corrected chi connectivity index (χ1v) is 16.0. The number of aliphatic hydroxyl groups excluding tert-OH is 3. The SMILES string of the molecule is CC(=O)O[C@@]12CO[C@@H]1C[C@H](O)[C@@]1(C)/C(=N\NC(N)=S)[C@H](O)C3=C(C)[C@@H](O)C[C@@](O)([C@@H](OC(=O)c4ccccc4)[C@H]21)C3(C)C.[Cl][Cu]. The number of carbonyl (C=O) groups excluding carboxylic acids is 2. The summed E-state index contributed by atoms with van der Waals surface area (Å²) >= 11 is 8.66. The zero-order chi connectivity index (χ0) is 33.7. The van der Waals surface area contributed by atoms with E-state index in [4.69, 9.17) is 32.2 Å². The van der Waals surface area contributed by atoms with Gasteiger partial charge in [-0.3, -0.25) is 10.2 Å². The number of hydrazone groups is 1. The van der Waals surface area contributed by atoms with Crippen LogP contribution in [0.25, 0.3) is 0 Å². The molecule has 0 radical (unpaired) electrons. The van der Waals surface area contributed by atoms with Gasteiger partial charge in [0.15, 0.2) is 10.7 Å². The Morgan fingerprint density at radius 2 is 1.80 bits per heavy atom. The van der Waals surface area contributed by atoms with Crippen molar-refractivity contribution in [3.8, 4) is 0 Å². The van der Waals surface area contributed by atoms with Gasteiger partial charge < -0.3 is 40.4 Å². The van der Waals surface area contributed by atoms with E-state index < -0.39 is 70.4 Å². The van der Waals surface area contributed by atoms with Gasteiger partial charge in [-0.2, -0.15) is 5.10 Å². The fourth-order valence-corrected chi connectivity index (χ4v) is 8.02. The van der Waals surface area contributed by atoms with Crippen molar-refractivity contribution in [2.75, 3.05) is 6.61 Å². The minimum absolute atomic E-state index is 0.0269. The summed E-state index contributed by atoms with van der Waals surface area (Å²) in [6.07, 6.45) is -6.79. The number of esters is 2. The molecule has 1 aliphatic heterocycles. The number of rotatable bonds is 4. The molecule has 1 aromatic rings. The molecule has 1 aromatic carbocycles. The number of hydrogen-bond acceptors (Lipinski definition) is 11. The monoisotopic (exact) mass is 715 g/mol. The Labute approximate surface area is 279 Å². The maximum absolute atomic E-state index is 13.8. The molecular weight excluding hydrogens is 677 g/mol. The topological polar surface area (TPSA) is 193 Å². The molecule has 2 saturated carbocycles. The number of halogens is 1. The van der Waals surface area contributed by atoms with Crippen LogP contribution in [0.4, 0.5) is 0 Å². The van der Waals surface area contributed by atoms with Gasteiger partial charge >= 0.3 is 37.1 Å². The Bertz CT molecular complexity index is 1410. The second kappa shape index (κ2) is 12.8. The number of thiocarbonyl (C=S) groups is 1. The van der Waals surface area contributed by atoms with E-state index in [1.54, 1.807) is 58.0 Å². The van der Waals surface area contributed by atoms with E-state index in [1.165, 1.54) is 6.92 Å². The van der Waals surface area contributed by atoms with Crippen LogP contribution < -0.4 is 11.2 Å². The molecule has 0 spiro atoms. The normalized spacial score (nSPS) is 39.0. The summed E-state index contributed by atoms with van der Waals surface area (Å²) < 4.78 is 18.1. The molecule has 4 aliphatic rings. The molecule has 3 aliphatic carbocycles. The van der Waals surface area contributed by atoms with E-state index in [2.05, 4.69) is 35.7 Å². The van der Waals surface area contributed by atoms with E-state index >= 15 is 0 Å². The summed E-state index contributed by atoms with van der Waals surface area (Å²) in [5, 5.41) is 52.4. The quantitative estimate of drug-likeness (QED) is 0.0864. The van der Waals surface area contributed by atoms with Gasteiger partial charge in [0.1, 0.15) is 23.9 Å². The van der Waals surface area contributed by atoms with E-state index in [9.17, 15) is 30.0 Å². The third-order valence-electron chi connectivity index (χ3n) is 10.3. The molecule has 2 bridgehead atoms. The third kappa shape index (κ3) is 5.51. The van der Waals surface area contributed by atoms with Crippen molar-refractivity contribution in [2.45, 2.75) is 89.2 Å². The summed E-state index contributed by atoms with van der Waals surface area (Å²) in [7, 11) is 4.20. The minimum atomic E-state index is -2.05. The van der Waals surface area contributed by atoms with Crippen LogP contribution in [0, 0.1) is 16.7 Å². The van der Waals surface area contributed by atoms with Crippen LogP contribution >= 0.6 is 22.3 Å². The van der Waals surface area contributed by atoms with E-state index in [1.807, 2.05) is 0 Å². The van der Waals surface area contributed by atoms with Gasteiger partial charge in [-0.15, -0.1) is 0 Å². The molecule has 7 N–H and O–H groups in total. The van der Waals surface area contributed by atoms with E-state index in [-0.39, 0.29) is 41.4 Å². The van der Waals surface area contributed by atoms with Gasteiger partial charge in [0.25, 0.3) is 0 Å². The van der Waals surface area contributed by atoms with Gasteiger partial charge in [-0.1, -0.05) is 39.0 Å². The van der Waals surface area contributed by atoms with Crippen LogP contribution in [-0.4, -0.2) is 91.5 Å². The Balaban J connectivity index is 0.00000226. The molecule has 1 saturated heterocycles. The number of carbonyl (C=O) groups is 2. The number of fused-ring (bicyclic) bond motifs is 5. The molecule has 0 amide bonds. The van der Waals surface area contributed by atoms with Crippen molar-refractivity contribution in [3.63, 3.8) is 0 Å². The molecule has 0 unspecified atom stereocenters. The average molecular weight is 717 g/mol. The van der Waals surface area contributed by atoms with E-state index in [0.717, 1.165) is 0 Å². The summed E-state index contributed by atoms with van der Waals surface area (Å²) in [5.41, 5.74) is 2.46. The zero-order valence-corrected chi connectivity index (χ0v) is 27.9. The molecule has 15 heteroatoms. The molecule has 3 fully saturated rings. The average Bonchev–Trinajstić information content (AvgIpc) is 2.97. The van der Waals surface area contributed by atoms with Gasteiger partial charge in [-0.25, -0.2) is 4.79 Å². The predicted molar refractivity (Wildman–Crippen MR) is 163 cm³/mol. The number of nitrogens with one attached hydrogen (secondary N) is 1. The van der Waals surface area contributed by atoms with Crippen molar-refractivity contribution >= 4 is 45.1 Å². The van der Waals surface area contributed by atoms with Gasteiger partial charge in [0.2, 0.25) is 0 Å². The van der Waals surface area contributed by atoms with E-state index in [0.29, 0.717) is 5.57 Å². The number of ether oxygens (including phenoxy) is 3. The van der Waals surface area contributed by atoms with Crippen LogP contribution in [-0.2, 0) is 34.1 Å². The molecule has 5 rings (SSSR count). The van der Waals surface area contributed by atoms with Crippen molar-refractivity contribution in [1.29, 1.82) is 0 Å². The zero-order valence-electron chi connectivity index (χ0n) is 25.4. The van der Waals surface area contributed by atoms with Crippen molar-refractivity contribution in [3.05, 3.63) is 47.0 Å². The first-order valence-electron chi connectivity index (χ1n) is 14.3.